The number of hydrogen-bond acceptors (Lipinski definition) is 3. The van der Waals surface area contributed by atoms with Crippen LogP contribution in [0.3, 0.4) is 0 Å². The van der Waals surface area contributed by atoms with E-state index in [1.54, 1.807) is 31.2 Å². The Labute approximate surface area is 110 Å². The number of rotatable bonds is 3. The number of hydrogen-bond donors (Lipinski definition) is 1. The number of imide groups is 1. The van der Waals surface area contributed by atoms with Gasteiger partial charge in [0.2, 0.25) is 5.91 Å². The molecule has 1 N–H and O–H groups in total. The number of carboxylic acids is 1. The third kappa shape index (κ3) is 2.70. The first kappa shape index (κ1) is 13.0. The van der Waals surface area contributed by atoms with E-state index >= 15 is 0 Å². The molecule has 1 aromatic carbocycles. The van der Waals surface area contributed by atoms with E-state index in [4.69, 9.17) is 5.11 Å². The van der Waals surface area contributed by atoms with Gasteiger partial charge in [-0.2, -0.15) is 0 Å². The number of benzene rings is 1. The predicted molar refractivity (Wildman–Crippen MR) is 67.6 cm³/mol. The molecular weight excluding hydrogens is 246 g/mol. The van der Waals surface area contributed by atoms with Crippen LogP contribution in [0.2, 0.25) is 0 Å². The van der Waals surface area contributed by atoms with Gasteiger partial charge in [0.15, 0.2) is 0 Å². The zero-order chi connectivity index (χ0) is 14.0. The van der Waals surface area contributed by atoms with E-state index < -0.39 is 5.97 Å². The zero-order valence-electron chi connectivity index (χ0n) is 10.4. The number of fused-ring (bicyclic) bond motifs is 1. The van der Waals surface area contributed by atoms with Gasteiger partial charge in [-0.05, 0) is 24.1 Å². The fourth-order valence-corrected chi connectivity index (χ4v) is 2.07. The van der Waals surface area contributed by atoms with Crippen LogP contribution in [0.1, 0.15) is 22.8 Å². The summed E-state index contributed by atoms with van der Waals surface area (Å²) in [4.78, 5) is 35.7. The van der Waals surface area contributed by atoms with Gasteiger partial charge < -0.3 is 5.11 Å². The molecule has 19 heavy (non-hydrogen) atoms. The van der Waals surface area contributed by atoms with Gasteiger partial charge in [0, 0.05) is 11.6 Å². The highest BCUT2D eigenvalue weighted by Crippen LogP contribution is 2.20. The second-order valence-electron chi connectivity index (χ2n) is 4.45. The molecule has 0 bridgehead atoms. The van der Waals surface area contributed by atoms with Crippen molar-refractivity contribution in [3.8, 4) is 0 Å². The van der Waals surface area contributed by atoms with Crippen LogP contribution in [0.25, 0.3) is 0 Å². The molecule has 5 nitrogen and oxygen atoms in total. The molecule has 0 unspecified atom stereocenters. The van der Waals surface area contributed by atoms with Crippen molar-refractivity contribution in [1.29, 1.82) is 0 Å². The number of carbonyl (C=O) groups is 3. The van der Waals surface area contributed by atoms with Crippen molar-refractivity contribution >= 4 is 17.8 Å². The molecule has 0 aliphatic carbocycles. The molecule has 0 atom stereocenters. The van der Waals surface area contributed by atoms with Gasteiger partial charge in [0.05, 0.1) is 13.0 Å². The first-order valence-electron chi connectivity index (χ1n) is 5.81. The van der Waals surface area contributed by atoms with Gasteiger partial charge in [0.1, 0.15) is 0 Å². The minimum absolute atomic E-state index is 0.0122. The van der Waals surface area contributed by atoms with Crippen LogP contribution in [0.15, 0.2) is 35.9 Å². The summed E-state index contributed by atoms with van der Waals surface area (Å²) in [6.07, 6.45) is 1.17. The lowest BCUT2D eigenvalue weighted by molar-refractivity contribution is -0.132. The Morgan fingerprint density at radius 3 is 2.74 bits per heavy atom. The van der Waals surface area contributed by atoms with Gasteiger partial charge in [0.25, 0.3) is 5.91 Å². The minimum Gasteiger partial charge on any atom is -0.478 e. The van der Waals surface area contributed by atoms with Gasteiger partial charge in [-0.1, -0.05) is 18.2 Å². The Morgan fingerprint density at radius 1 is 1.37 bits per heavy atom. The maximum Gasteiger partial charge on any atom is 0.328 e. The quantitative estimate of drug-likeness (QED) is 0.654. The van der Waals surface area contributed by atoms with Crippen LogP contribution in [0.4, 0.5) is 0 Å². The fraction of sp³-hybridized carbons (Fsp3) is 0.214. The molecule has 0 fully saturated rings. The second kappa shape index (κ2) is 5.06. The monoisotopic (exact) mass is 259 g/mol. The summed E-state index contributed by atoms with van der Waals surface area (Å²) in [5, 5.41) is 8.64. The van der Waals surface area contributed by atoms with E-state index in [-0.39, 0.29) is 24.8 Å². The number of aliphatic carboxylic acids is 1. The molecule has 1 aliphatic rings. The van der Waals surface area contributed by atoms with E-state index in [2.05, 4.69) is 0 Å². The summed E-state index contributed by atoms with van der Waals surface area (Å²) < 4.78 is 0. The lowest BCUT2D eigenvalue weighted by Gasteiger charge is -2.26. The first-order valence-corrected chi connectivity index (χ1v) is 5.81. The Hall–Kier alpha value is -2.43. The average Bonchev–Trinajstić information content (AvgIpc) is 2.33. The third-order valence-corrected chi connectivity index (χ3v) is 2.91. The highest BCUT2D eigenvalue weighted by molar-refractivity contribution is 6.09. The van der Waals surface area contributed by atoms with Crippen molar-refractivity contribution < 1.29 is 19.5 Å². The number of carboxylic acid groups (broad SMARTS) is 1. The summed E-state index contributed by atoms with van der Waals surface area (Å²) in [5.74, 6) is -1.76. The Bertz CT molecular complexity index is 589. The smallest absolute Gasteiger partial charge is 0.328 e. The molecule has 2 rings (SSSR count). The van der Waals surface area contributed by atoms with Crippen LogP contribution < -0.4 is 0 Å². The van der Waals surface area contributed by atoms with Crippen LogP contribution in [0, 0.1) is 0 Å². The van der Waals surface area contributed by atoms with Crippen LogP contribution in [0.5, 0.6) is 0 Å². The average molecular weight is 259 g/mol. The molecule has 98 valence electrons. The molecule has 1 aliphatic heterocycles. The Morgan fingerprint density at radius 2 is 2.05 bits per heavy atom. The highest BCUT2D eigenvalue weighted by atomic mass is 16.4. The lowest BCUT2D eigenvalue weighted by Crippen LogP contribution is -2.43. The van der Waals surface area contributed by atoms with Crippen molar-refractivity contribution in [2.75, 3.05) is 6.54 Å². The maximum absolute atomic E-state index is 12.2. The molecule has 2 amide bonds. The summed E-state index contributed by atoms with van der Waals surface area (Å²) in [7, 11) is 0. The lowest BCUT2D eigenvalue weighted by atomic mass is 9.98. The molecular formula is C14H13NO4. The molecule has 0 radical (unpaired) electrons. The Kier molecular flexibility index (Phi) is 3.46. The normalized spacial score (nSPS) is 15.4. The van der Waals surface area contributed by atoms with E-state index in [1.807, 2.05) is 0 Å². The summed E-state index contributed by atoms with van der Waals surface area (Å²) >= 11 is 0. The van der Waals surface area contributed by atoms with Gasteiger partial charge in [-0.15, -0.1) is 0 Å². The van der Waals surface area contributed by atoms with Crippen LogP contribution in [-0.2, 0) is 16.0 Å². The molecule has 0 spiro atoms. The molecule has 0 saturated heterocycles. The molecule has 0 aromatic heterocycles. The van der Waals surface area contributed by atoms with E-state index in [0.29, 0.717) is 16.7 Å². The van der Waals surface area contributed by atoms with Crippen molar-refractivity contribution in [2.24, 2.45) is 0 Å². The summed E-state index contributed by atoms with van der Waals surface area (Å²) in [5.41, 5.74) is 1.67. The molecule has 0 saturated carbocycles. The minimum atomic E-state index is -1.09. The number of amides is 2. The standard InChI is InChI=1S/C14H13NO4/c1-9(6-13(17)18)8-15-12(16)7-10-4-2-3-5-11(10)14(15)19/h2-6H,7-8H2,1H3,(H,17,18). The predicted octanol–water partition coefficient (Wildman–Crippen LogP) is 1.24. The fourth-order valence-electron chi connectivity index (χ4n) is 2.07. The number of carbonyl (C=O) groups excluding carboxylic acids is 2. The van der Waals surface area contributed by atoms with Crippen LogP contribution in [-0.4, -0.2) is 34.3 Å². The van der Waals surface area contributed by atoms with Gasteiger partial charge >= 0.3 is 5.97 Å². The van der Waals surface area contributed by atoms with Crippen molar-refractivity contribution in [1.82, 2.24) is 4.90 Å². The molecule has 5 heteroatoms. The van der Waals surface area contributed by atoms with E-state index in [1.165, 1.54) is 0 Å². The van der Waals surface area contributed by atoms with Gasteiger partial charge in [-0.25, -0.2) is 4.79 Å². The molecule has 1 heterocycles. The highest BCUT2D eigenvalue weighted by Gasteiger charge is 2.30. The van der Waals surface area contributed by atoms with E-state index in [9.17, 15) is 14.4 Å². The van der Waals surface area contributed by atoms with Crippen molar-refractivity contribution in [3.05, 3.63) is 47.0 Å². The van der Waals surface area contributed by atoms with Crippen LogP contribution >= 0.6 is 0 Å². The topological polar surface area (TPSA) is 74.7 Å². The third-order valence-electron chi connectivity index (χ3n) is 2.91. The largest absolute Gasteiger partial charge is 0.478 e. The van der Waals surface area contributed by atoms with E-state index in [0.717, 1.165) is 11.0 Å². The summed E-state index contributed by atoms with van der Waals surface area (Å²) in [6.45, 7) is 1.59. The van der Waals surface area contributed by atoms with Gasteiger partial charge in [-0.3, -0.25) is 14.5 Å². The van der Waals surface area contributed by atoms with Crippen molar-refractivity contribution in [2.45, 2.75) is 13.3 Å². The maximum atomic E-state index is 12.2. The first-order chi connectivity index (χ1) is 8.99. The van der Waals surface area contributed by atoms with Crippen molar-refractivity contribution in [3.63, 3.8) is 0 Å². The second-order valence-corrected chi connectivity index (χ2v) is 4.45. The number of nitrogens with zero attached hydrogens (tertiary/aromatic N) is 1. The Balaban J connectivity index is 2.27. The summed E-state index contributed by atoms with van der Waals surface area (Å²) in [6, 6.07) is 6.95. The SMILES string of the molecule is CC(=CC(=O)O)CN1C(=O)Cc2ccccc2C1=O. The zero-order valence-corrected chi connectivity index (χ0v) is 10.4. The molecule has 1 aromatic rings.